The molecular weight excluding hydrogens is 264 g/mol. The fraction of sp³-hybridized carbons (Fsp3) is 0.647. The van der Waals surface area contributed by atoms with E-state index in [-0.39, 0.29) is 0 Å². The summed E-state index contributed by atoms with van der Waals surface area (Å²) < 4.78 is 11.1. The number of hydrogen-bond donors (Lipinski definition) is 1. The second kappa shape index (κ2) is 7.66. The van der Waals surface area contributed by atoms with Crippen molar-refractivity contribution in [2.75, 3.05) is 33.9 Å². The molecule has 1 heterocycles. The SMILES string of the molecule is CCN1CCCCC(CN)C1c1cccc(OC)c1OC. The number of benzene rings is 1. The largest absolute Gasteiger partial charge is 0.493 e. The van der Waals surface area contributed by atoms with Gasteiger partial charge < -0.3 is 15.2 Å². The Kier molecular flexibility index (Phi) is 5.88. The molecule has 118 valence electrons. The lowest BCUT2D eigenvalue weighted by molar-refractivity contribution is 0.162. The summed E-state index contributed by atoms with van der Waals surface area (Å²) in [6.07, 6.45) is 3.67. The van der Waals surface area contributed by atoms with Crippen LogP contribution in [0.15, 0.2) is 18.2 Å². The number of hydrogen-bond acceptors (Lipinski definition) is 4. The van der Waals surface area contributed by atoms with E-state index in [1.807, 2.05) is 12.1 Å². The van der Waals surface area contributed by atoms with Crippen LogP contribution < -0.4 is 15.2 Å². The molecule has 2 atom stereocenters. The van der Waals surface area contributed by atoms with E-state index < -0.39 is 0 Å². The number of para-hydroxylation sites is 1. The van der Waals surface area contributed by atoms with E-state index in [4.69, 9.17) is 15.2 Å². The molecule has 21 heavy (non-hydrogen) atoms. The molecule has 1 aliphatic heterocycles. The molecule has 4 heteroatoms. The zero-order chi connectivity index (χ0) is 15.2. The number of nitrogens with zero attached hydrogens (tertiary/aromatic N) is 1. The summed E-state index contributed by atoms with van der Waals surface area (Å²) in [5, 5.41) is 0. The van der Waals surface area contributed by atoms with Gasteiger partial charge in [-0.1, -0.05) is 25.5 Å². The van der Waals surface area contributed by atoms with Crippen LogP contribution in [0, 0.1) is 5.92 Å². The van der Waals surface area contributed by atoms with Crippen LogP contribution in [-0.2, 0) is 0 Å². The fourth-order valence-corrected chi connectivity index (χ4v) is 3.51. The molecule has 1 aliphatic rings. The van der Waals surface area contributed by atoms with Crippen LogP contribution in [0.3, 0.4) is 0 Å². The minimum Gasteiger partial charge on any atom is -0.493 e. The lowest BCUT2D eigenvalue weighted by atomic mass is 9.88. The highest BCUT2D eigenvalue weighted by Crippen LogP contribution is 2.42. The molecule has 0 aliphatic carbocycles. The molecule has 0 aromatic heterocycles. The van der Waals surface area contributed by atoms with E-state index in [1.54, 1.807) is 14.2 Å². The van der Waals surface area contributed by atoms with Crippen molar-refractivity contribution in [2.45, 2.75) is 32.2 Å². The van der Waals surface area contributed by atoms with Crippen LogP contribution in [0.5, 0.6) is 11.5 Å². The number of nitrogens with two attached hydrogens (primary N) is 1. The Morgan fingerprint density at radius 3 is 2.67 bits per heavy atom. The second-order valence-corrected chi connectivity index (χ2v) is 5.65. The van der Waals surface area contributed by atoms with Crippen molar-refractivity contribution in [1.82, 2.24) is 4.90 Å². The van der Waals surface area contributed by atoms with Crippen LogP contribution >= 0.6 is 0 Å². The van der Waals surface area contributed by atoms with Crippen molar-refractivity contribution < 1.29 is 9.47 Å². The fourth-order valence-electron chi connectivity index (χ4n) is 3.51. The Labute approximate surface area is 128 Å². The summed E-state index contributed by atoms with van der Waals surface area (Å²) in [4.78, 5) is 2.53. The van der Waals surface area contributed by atoms with E-state index in [9.17, 15) is 0 Å². The van der Waals surface area contributed by atoms with Crippen molar-refractivity contribution in [1.29, 1.82) is 0 Å². The highest BCUT2D eigenvalue weighted by molar-refractivity contribution is 5.48. The first-order valence-electron chi connectivity index (χ1n) is 7.91. The topological polar surface area (TPSA) is 47.7 Å². The summed E-state index contributed by atoms with van der Waals surface area (Å²) in [6, 6.07) is 6.46. The van der Waals surface area contributed by atoms with Gasteiger partial charge in [-0.15, -0.1) is 0 Å². The number of likely N-dealkylation sites (tertiary alicyclic amines) is 1. The van der Waals surface area contributed by atoms with Gasteiger partial charge in [0.1, 0.15) is 0 Å². The van der Waals surface area contributed by atoms with Gasteiger partial charge in [-0.3, -0.25) is 4.90 Å². The first-order chi connectivity index (χ1) is 10.3. The molecule has 1 aromatic rings. The van der Waals surface area contributed by atoms with Gasteiger partial charge in [-0.05, 0) is 44.5 Å². The number of rotatable bonds is 5. The van der Waals surface area contributed by atoms with E-state index in [0.29, 0.717) is 18.5 Å². The van der Waals surface area contributed by atoms with E-state index in [2.05, 4.69) is 17.9 Å². The smallest absolute Gasteiger partial charge is 0.165 e. The standard InChI is InChI=1S/C17H28N2O2/c1-4-19-11-6-5-8-13(12-18)16(19)14-9-7-10-15(20-2)17(14)21-3/h7,9-10,13,16H,4-6,8,11-12,18H2,1-3H3. The predicted molar refractivity (Wildman–Crippen MR) is 85.9 cm³/mol. The van der Waals surface area contributed by atoms with Crippen LogP contribution in [0.2, 0.25) is 0 Å². The van der Waals surface area contributed by atoms with Gasteiger partial charge >= 0.3 is 0 Å². The van der Waals surface area contributed by atoms with E-state index in [1.165, 1.54) is 24.8 Å². The van der Waals surface area contributed by atoms with Gasteiger partial charge in [0.05, 0.1) is 14.2 Å². The summed E-state index contributed by atoms with van der Waals surface area (Å²) in [5.74, 6) is 2.11. The van der Waals surface area contributed by atoms with Gasteiger partial charge in [0.25, 0.3) is 0 Å². The third-order valence-corrected chi connectivity index (χ3v) is 4.57. The molecule has 1 saturated heterocycles. The highest BCUT2D eigenvalue weighted by Gasteiger charge is 2.32. The predicted octanol–water partition coefficient (Wildman–Crippen LogP) is 2.83. The Bertz CT molecular complexity index is 436. The number of ether oxygens (including phenoxy) is 2. The molecule has 2 rings (SSSR count). The monoisotopic (exact) mass is 292 g/mol. The lowest BCUT2D eigenvalue weighted by Crippen LogP contribution is -2.35. The zero-order valence-electron chi connectivity index (χ0n) is 13.5. The lowest BCUT2D eigenvalue weighted by Gasteiger charge is -2.35. The van der Waals surface area contributed by atoms with Crippen molar-refractivity contribution >= 4 is 0 Å². The average molecular weight is 292 g/mol. The van der Waals surface area contributed by atoms with Crippen LogP contribution in [0.25, 0.3) is 0 Å². The van der Waals surface area contributed by atoms with E-state index >= 15 is 0 Å². The summed E-state index contributed by atoms with van der Waals surface area (Å²) >= 11 is 0. The quantitative estimate of drug-likeness (QED) is 0.906. The molecule has 2 unspecified atom stereocenters. The highest BCUT2D eigenvalue weighted by atomic mass is 16.5. The first-order valence-corrected chi connectivity index (χ1v) is 7.91. The third-order valence-electron chi connectivity index (χ3n) is 4.57. The van der Waals surface area contributed by atoms with Crippen LogP contribution in [-0.4, -0.2) is 38.8 Å². The van der Waals surface area contributed by atoms with Gasteiger partial charge in [-0.2, -0.15) is 0 Å². The minimum atomic E-state index is 0.313. The molecule has 0 bridgehead atoms. The Morgan fingerprint density at radius 1 is 1.24 bits per heavy atom. The van der Waals surface area contributed by atoms with Gasteiger partial charge in [0.2, 0.25) is 0 Å². The molecule has 4 nitrogen and oxygen atoms in total. The molecule has 2 N–H and O–H groups in total. The Balaban J connectivity index is 2.47. The molecule has 0 radical (unpaired) electrons. The molecular formula is C17H28N2O2. The Morgan fingerprint density at radius 2 is 2.05 bits per heavy atom. The molecule has 1 fully saturated rings. The van der Waals surface area contributed by atoms with Crippen LogP contribution in [0.1, 0.15) is 37.8 Å². The summed E-state index contributed by atoms with van der Waals surface area (Å²) in [7, 11) is 3.40. The average Bonchev–Trinajstić information content (AvgIpc) is 2.75. The summed E-state index contributed by atoms with van der Waals surface area (Å²) in [5.41, 5.74) is 7.29. The second-order valence-electron chi connectivity index (χ2n) is 5.65. The molecule has 1 aromatic carbocycles. The van der Waals surface area contributed by atoms with Crippen LogP contribution in [0.4, 0.5) is 0 Å². The zero-order valence-corrected chi connectivity index (χ0v) is 13.5. The maximum absolute atomic E-state index is 6.08. The molecule has 0 spiro atoms. The van der Waals surface area contributed by atoms with Crippen molar-refractivity contribution in [3.8, 4) is 11.5 Å². The maximum Gasteiger partial charge on any atom is 0.165 e. The van der Waals surface area contributed by atoms with Crippen molar-refractivity contribution in [3.63, 3.8) is 0 Å². The van der Waals surface area contributed by atoms with Gasteiger partial charge in [0.15, 0.2) is 11.5 Å². The third kappa shape index (κ3) is 3.33. The van der Waals surface area contributed by atoms with Crippen molar-refractivity contribution in [3.05, 3.63) is 23.8 Å². The minimum absolute atomic E-state index is 0.313. The summed E-state index contributed by atoms with van der Waals surface area (Å²) in [6.45, 7) is 5.08. The number of methoxy groups -OCH3 is 2. The Hall–Kier alpha value is -1.26. The molecule has 0 saturated carbocycles. The first kappa shape index (κ1) is 16.1. The molecule has 0 amide bonds. The van der Waals surface area contributed by atoms with Gasteiger partial charge in [0, 0.05) is 11.6 Å². The van der Waals surface area contributed by atoms with Gasteiger partial charge in [-0.25, -0.2) is 0 Å². The maximum atomic E-state index is 6.08. The normalized spacial score (nSPS) is 23.6. The van der Waals surface area contributed by atoms with E-state index in [0.717, 1.165) is 24.6 Å². The van der Waals surface area contributed by atoms with Crippen molar-refractivity contribution in [2.24, 2.45) is 11.7 Å².